The molecule has 4 rings (SSSR count). The second-order valence-corrected chi connectivity index (χ2v) is 6.67. The molecule has 1 aliphatic carbocycles. The predicted molar refractivity (Wildman–Crippen MR) is 95.9 cm³/mol. The summed E-state index contributed by atoms with van der Waals surface area (Å²) >= 11 is 0. The summed E-state index contributed by atoms with van der Waals surface area (Å²) in [5.41, 5.74) is 9.50. The van der Waals surface area contributed by atoms with Gasteiger partial charge in [0.25, 0.3) is 0 Å². The van der Waals surface area contributed by atoms with Crippen molar-refractivity contribution in [1.82, 2.24) is 4.98 Å². The molecule has 1 fully saturated rings. The summed E-state index contributed by atoms with van der Waals surface area (Å²) < 4.78 is 11.7. The maximum Gasteiger partial charge on any atom is 0.227 e. The monoisotopic (exact) mass is 338 g/mol. The van der Waals surface area contributed by atoms with Crippen LogP contribution in [0.2, 0.25) is 0 Å². The van der Waals surface area contributed by atoms with Crippen LogP contribution in [0.5, 0.6) is 0 Å². The largest absolute Gasteiger partial charge is 0.436 e. The van der Waals surface area contributed by atoms with Gasteiger partial charge in [0.15, 0.2) is 5.58 Å². The van der Waals surface area contributed by atoms with Crippen molar-refractivity contribution in [2.24, 2.45) is 5.73 Å². The van der Waals surface area contributed by atoms with Crippen molar-refractivity contribution in [2.75, 3.05) is 0 Å². The number of hydrogen-bond donors (Lipinski definition) is 2. The van der Waals surface area contributed by atoms with Gasteiger partial charge in [0.2, 0.25) is 5.89 Å². The van der Waals surface area contributed by atoms with E-state index in [1.807, 2.05) is 48.5 Å². The summed E-state index contributed by atoms with van der Waals surface area (Å²) in [6, 6.07) is 15.8. The van der Waals surface area contributed by atoms with Crippen LogP contribution in [-0.4, -0.2) is 28.3 Å². The maximum absolute atomic E-state index is 10.1. The molecule has 3 N–H and O–H groups in total. The lowest BCUT2D eigenvalue weighted by Crippen LogP contribution is -2.41. The third-order valence-corrected chi connectivity index (χ3v) is 4.75. The van der Waals surface area contributed by atoms with E-state index in [1.54, 1.807) is 0 Å². The topological polar surface area (TPSA) is 81.5 Å². The molecule has 0 radical (unpaired) electrons. The van der Waals surface area contributed by atoms with Gasteiger partial charge in [-0.05, 0) is 49.1 Å². The minimum atomic E-state index is -0.470. The van der Waals surface area contributed by atoms with Gasteiger partial charge in [0.1, 0.15) is 5.52 Å². The minimum Gasteiger partial charge on any atom is -0.436 e. The number of aromatic nitrogens is 1. The molecule has 1 aliphatic rings. The van der Waals surface area contributed by atoms with Crippen LogP contribution < -0.4 is 5.73 Å². The van der Waals surface area contributed by atoms with Gasteiger partial charge in [-0.2, -0.15) is 0 Å². The van der Waals surface area contributed by atoms with Gasteiger partial charge in [0, 0.05) is 11.6 Å². The SMILES string of the molecule is NC1CCC(OCc2ccc(-c3nc4ccccc4o3)cc2)C(O)C1. The Morgan fingerprint density at radius 1 is 1.12 bits per heavy atom. The summed E-state index contributed by atoms with van der Waals surface area (Å²) in [4.78, 5) is 4.51. The Bertz CT molecular complexity index is 811. The second kappa shape index (κ2) is 6.96. The Kier molecular flexibility index (Phi) is 4.53. The Balaban J connectivity index is 1.41. The van der Waals surface area contributed by atoms with E-state index < -0.39 is 6.10 Å². The van der Waals surface area contributed by atoms with Crippen LogP contribution in [0.3, 0.4) is 0 Å². The second-order valence-electron chi connectivity index (χ2n) is 6.67. The molecule has 2 aromatic carbocycles. The van der Waals surface area contributed by atoms with Crippen LogP contribution >= 0.6 is 0 Å². The predicted octanol–water partition coefficient (Wildman–Crippen LogP) is 3.25. The average Bonchev–Trinajstić information content (AvgIpc) is 3.05. The molecule has 1 heterocycles. The molecule has 130 valence electrons. The number of aliphatic hydroxyl groups is 1. The maximum atomic E-state index is 10.1. The zero-order valence-electron chi connectivity index (χ0n) is 14.0. The smallest absolute Gasteiger partial charge is 0.227 e. The molecular formula is C20H22N2O3. The van der Waals surface area contributed by atoms with Crippen molar-refractivity contribution in [3.05, 3.63) is 54.1 Å². The molecule has 5 heteroatoms. The van der Waals surface area contributed by atoms with E-state index in [1.165, 1.54) is 0 Å². The number of aliphatic hydroxyl groups excluding tert-OH is 1. The van der Waals surface area contributed by atoms with Crippen molar-refractivity contribution in [3.63, 3.8) is 0 Å². The lowest BCUT2D eigenvalue weighted by molar-refractivity contribution is -0.0696. The molecule has 0 bridgehead atoms. The Hall–Kier alpha value is -2.21. The van der Waals surface area contributed by atoms with E-state index in [0.29, 0.717) is 18.9 Å². The number of nitrogens with two attached hydrogens (primary N) is 1. The standard InChI is InChI=1S/C20H22N2O3/c21-15-9-10-19(17(23)11-15)24-12-13-5-7-14(8-6-13)20-22-16-3-1-2-4-18(16)25-20/h1-8,15,17,19,23H,9-12,21H2. The summed E-state index contributed by atoms with van der Waals surface area (Å²) in [7, 11) is 0. The fourth-order valence-corrected chi connectivity index (χ4v) is 3.29. The van der Waals surface area contributed by atoms with Crippen LogP contribution in [0.15, 0.2) is 52.9 Å². The molecule has 5 nitrogen and oxygen atoms in total. The van der Waals surface area contributed by atoms with Crippen LogP contribution in [-0.2, 0) is 11.3 Å². The fourth-order valence-electron chi connectivity index (χ4n) is 3.29. The van der Waals surface area contributed by atoms with E-state index in [2.05, 4.69) is 4.98 Å². The average molecular weight is 338 g/mol. The number of benzene rings is 2. The van der Waals surface area contributed by atoms with E-state index in [0.717, 1.165) is 35.1 Å². The van der Waals surface area contributed by atoms with Gasteiger partial charge in [-0.25, -0.2) is 4.98 Å². The highest BCUT2D eigenvalue weighted by Crippen LogP contribution is 2.25. The first kappa shape index (κ1) is 16.3. The quantitative estimate of drug-likeness (QED) is 0.763. The first-order chi connectivity index (χ1) is 12.2. The number of para-hydroxylation sites is 2. The van der Waals surface area contributed by atoms with Crippen LogP contribution in [0.1, 0.15) is 24.8 Å². The molecule has 0 aliphatic heterocycles. The van der Waals surface area contributed by atoms with Crippen LogP contribution in [0, 0.1) is 0 Å². The highest BCUT2D eigenvalue weighted by molar-refractivity contribution is 5.75. The summed E-state index contributed by atoms with van der Waals surface area (Å²) in [5, 5.41) is 10.1. The molecule has 25 heavy (non-hydrogen) atoms. The molecule has 3 unspecified atom stereocenters. The zero-order chi connectivity index (χ0) is 17.2. The van der Waals surface area contributed by atoms with Gasteiger partial charge in [-0.1, -0.05) is 24.3 Å². The molecular weight excluding hydrogens is 316 g/mol. The molecule has 1 saturated carbocycles. The molecule has 1 aromatic heterocycles. The molecule has 0 spiro atoms. The van der Waals surface area contributed by atoms with Crippen LogP contribution in [0.4, 0.5) is 0 Å². The summed E-state index contributed by atoms with van der Waals surface area (Å²) in [6.07, 6.45) is 1.72. The van der Waals surface area contributed by atoms with Crippen molar-refractivity contribution in [3.8, 4) is 11.5 Å². The Morgan fingerprint density at radius 3 is 2.68 bits per heavy atom. The number of ether oxygens (including phenoxy) is 1. The Labute approximate surface area is 146 Å². The normalized spacial score (nSPS) is 23.8. The number of rotatable bonds is 4. The van der Waals surface area contributed by atoms with Gasteiger partial charge >= 0.3 is 0 Å². The van der Waals surface area contributed by atoms with Gasteiger partial charge < -0.3 is 20.0 Å². The van der Waals surface area contributed by atoms with E-state index in [4.69, 9.17) is 14.9 Å². The molecule has 3 aromatic rings. The third-order valence-electron chi connectivity index (χ3n) is 4.75. The van der Waals surface area contributed by atoms with E-state index in [-0.39, 0.29) is 12.1 Å². The first-order valence-electron chi connectivity index (χ1n) is 8.69. The van der Waals surface area contributed by atoms with Gasteiger partial charge in [-0.15, -0.1) is 0 Å². The summed E-state index contributed by atoms with van der Waals surface area (Å²) in [5.74, 6) is 0.616. The lowest BCUT2D eigenvalue weighted by atomic mass is 9.91. The van der Waals surface area contributed by atoms with Crippen molar-refractivity contribution in [2.45, 2.75) is 44.1 Å². The van der Waals surface area contributed by atoms with Crippen molar-refractivity contribution < 1.29 is 14.3 Å². The van der Waals surface area contributed by atoms with Gasteiger partial charge in [0.05, 0.1) is 18.8 Å². The van der Waals surface area contributed by atoms with Crippen molar-refractivity contribution in [1.29, 1.82) is 0 Å². The highest BCUT2D eigenvalue weighted by Gasteiger charge is 2.27. The molecule has 3 atom stereocenters. The zero-order valence-corrected chi connectivity index (χ0v) is 14.0. The fraction of sp³-hybridized carbons (Fsp3) is 0.350. The molecule has 0 saturated heterocycles. The van der Waals surface area contributed by atoms with Gasteiger partial charge in [-0.3, -0.25) is 0 Å². The van der Waals surface area contributed by atoms with E-state index >= 15 is 0 Å². The number of oxazole rings is 1. The lowest BCUT2D eigenvalue weighted by Gasteiger charge is -2.31. The third kappa shape index (κ3) is 3.58. The minimum absolute atomic E-state index is 0.0884. The number of hydrogen-bond acceptors (Lipinski definition) is 5. The molecule has 0 amide bonds. The Morgan fingerprint density at radius 2 is 1.92 bits per heavy atom. The first-order valence-corrected chi connectivity index (χ1v) is 8.69. The number of fused-ring (bicyclic) bond motifs is 1. The summed E-state index contributed by atoms with van der Waals surface area (Å²) in [6.45, 7) is 0.477. The highest BCUT2D eigenvalue weighted by atomic mass is 16.5. The number of nitrogens with zero attached hydrogens (tertiary/aromatic N) is 1. The van der Waals surface area contributed by atoms with E-state index in [9.17, 15) is 5.11 Å². The van der Waals surface area contributed by atoms with Crippen molar-refractivity contribution >= 4 is 11.1 Å². The van der Waals surface area contributed by atoms with Crippen LogP contribution in [0.25, 0.3) is 22.6 Å².